The molecule has 0 atom stereocenters. The van der Waals surface area contributed by atoms with Crippen LogP contribution in [0.15, 0.2) is 60.0 Å². The normalized spacial score (nSPS) is 10.5. The lowest BCUT2D eigenvalue weighted by Crippen LogP contribution is -2.13. The van der Waals surface area contributed by atoms with Crippen LogP contribution in [0.2, 0.25) is 0 Å². The fourth-order valence-electron chi connectivity index (χ4n) is 2.29. The largest absolute Gasteiger partial charge is 0.301 e. The average molecular weight is 354 g/mol. The molecule has 0 saturated carbocycles. The summed E-state index contributed by atoms with van der Waals surface area (Å²) in [7, 11) is 0. The van der Waals surface area contributed by atoms with Crippen molar-refractivity contribution in [1.29, 1.82) is 0 Å². The second kappa shape index (κ2) is 8.13. The number of nitrogens with zero attached hydrogens (tertiary/aromatic N) is 1. The van der Waals surface area contributed by atoms with Crippen LogP contribution in [0.4, 0.5) is 5.13 Å². The van der Waals surface area contributed by atoms with Crippen molar-refractivity contribution < 1.29 is 4.79 Å². The molecule has 1 heterocycles. The monoisotopic (exact) mass is 354 g/mol. The SMILES string of the molecule is Cc1cccc(CSCC(=O)Nc2nc(-c3ccccc3)cs2)c1. The molecule has 0 fully saturated rings. The van der Waals surface area contributed by atoms with Gasteiger partial charge in [0.15, 0.2) is 5.13 Å². The van der Waals surface area contributed by atoms with Crippen molar-refractivity contribution in [3.05, 3.63) is 71.1 Å². The summed E-state index contributed by atoms with van der Waals surface area (Å²) in [6.07, 6.45) is 0. The van der Waals surface area contributed by atoms with E-state index in [1.807, 2.05) is 41.8 Å². The maximum Gasteiger partial charge on any atom is 0.236 e. The Morgan fingerprint density at radius 3 is 2.79 bits per heavy atom. The van der Waals surface area contributed by atoms with E-state index in [0.29, 0.717) is 10.9 Å². The Morgan fingerprint density at radius 1 is 1.17 bits per heavy atom. The Morgan fingerprint density at radius 2 is 2.00 bits per heavy atom. The van der Waals surface area contributed by atoms with Crippen molar-refractivity contribution in [2.75, 3.05) is 11.1 Å². The van der Waals surface area contributed by atoms with Crippen LogP contribution in [0.25, 0.3) is 11.3 Å². The molecule has 3 rings (SSSR count). The Balaban J connectivity index is 1.49. The van der Waals surface area contributed by atoms with Crippen molar-refractivity contribution in [2.45, 2.75) is 12.7 Å². The number of carbonyl (C=O) groups excluding carboxylic acids is 1. The average Bonchev–Trinajstić information content (AvgIpc) is 3.04. The number of hydrogen-bond acceptors (Lipinski definition) is 4. The summed E-state index contributed by atoms with van der Waals surface area (Å²) < 4.78 is 0. The first-order valence-corrected chi connectivity index (χ1v) is 9.68. The number of thiazole rings is 1. The smallest absolute Gasteiger partial charge is 0.236 e. The minimum absolute atomic E-state index is 0.0124. The third kappa shape index (κ3) is 4.69. The van der Waals surface area contributed by atoms with Crippen molar-refractivity contribution >= 4 is 34.1 Å². The number of thioether (sulfide) groups is 1. The third-order valence-electron chi connectivity index (χ3n) is 3.40. The van der Waals surface area contributed by atoms with Crippen molar-refractivity contribution in [3.63, 3.8) is 0 Å². The minimum atomic E-state index is -0.0124. The highest BCUT2D eigenvalue weighted by Gasteiger charge is 2.08. The van der Waals surface area contributed by atoms with Gasteiger partial charge in [0.25, 0.3) is 0 Å². The van der Waals surface area contributed by atoms with Crippen LogP contribution < -0.4 is 5.32 Å². The molecule has 0 saturated heterocycles. The van der Waals surface area contributed by atoms with Gasteiger partial charge in [0.1, 0.15) is 0 Å². The van der Waals surface area contributed by atoms with Gasteiger partial charge in [0, 0.05) is 16.7 Å². The second-order valence-corrected chi connectivity index (χ2v) is 7.28. The van der Waals surface area contributed by atoms with Crippen LogP contribution in [-0.2, 0) is 10.5 Å². The molecule has 1 aromatic heterocycles. The number of benzene rings is 2. The van der Waals surface area contributed by atoms with Gasteiger partial charge in [-0.3, -0.25) is 4.79 Å². The molecule has 1 amide bonds. The number of anilines is 1. The fourth-order valence-corrected chi connectivity index (χ4v) is 3.80. The van der Waals surface area contributed by atoms with E-state index in [1.165, 1.54) is 22.5 Å². The van der Waals surface area contributed by atoms with E-state index in [9.17, 15) is 4.79 Å². The highest BCUT2D eigenvalue weighted by molar-refractivity contribution is 7.99. The molecule has 2 aromatic carbocycles. The molecule has 0 aliphatic heterocycles. The van der Waals surface area contributed by atoms with E-state index in [4.69, 9.17) is 0 Å². The van der Waals surface area contributed by atoms with Crippen LogP contribution in [-0.4, -0.2) is 16.6 Å². The molecule has 1 N–H and O–H groups in total. The summed E-state index contributed by atoms with van der Waals surface area (Å²) >= 11 is 3.06. The Hall–Kier alpha value is -2.11. The van der Waals surface area contributed by atoms with Gasteiger partial charge in [-0.25, -0.2) is 4.98 Å². The first-order chi connectivity index (χ1) is 11.7. The zero-order valence-electron chi connectivity index (χ0n) is 13.4. The first kappa shape index (κ1) is 16.7. The van der Waals surface area contributed by atoms with Crippen LogP contribution in [0.5, 0.6) is 0 Å². The van der Waals surface area contributed by atoms with Crippen LogP contribution >= 0.6 is 23.1 Å². The Kier molecular flexibility index (Phi) is 5.67. The number of aryl methyl sites for hydroxylation is 1. The molecule has 0 aliphatic rings. The van der Waals surface area contributed by atoms with E-state index in [-0.39, 0.29) is 5.91 Å². The molecule has 0 aliphatic carbocycles. The van der Waals surface area contributed by atoms with Crippen molar-refractivity contribution in [2.24, 2.45) is 0 Å². The van der Waals surface area contributed by atoms with Crippen molar-refractivity contribution in [3.8, 4) is 11.3 Å². The highest BCUT2D eigenvalue weighted by atomic mass is 32.2. The second-order valence-electron chi connectivity index (χ2n) is 5.43. The van der Waals surface area contributed by atoms with E-state index in [1.54, 1.807) is 11.8 Å². The molecule has 24 heavy (non-hydrogen) atoms. The molecule has 0 unspecified atom stereocenters. The molecular weight excluding hydrogens is 336 g/mol. The van der Waals surface area contributed by atoms with Gasteiger partial charge in [-0.15, -0.1) is 23.1 Å². The zero-order valence-corrected chi connectivity index (χ0v) is 15.0. The maximum atomic E-state index is 12.1. The molecule has 5 heteroatoms. The van der Waals surface area contributed by atoms with Gasteiger partial charge >= 0.3 is 0 Å². The van der Waals surface area contributed by atoms with Crippen LogP contribution in [0, 0.1) is 6.92 Å². The van der Waals surface area contributed by atoms with Gasteiger partial charge in [0.05, 0.1) is 11.4 Å². The summed E-state index contributed by atoms with van der Waals surface area (Å²) in [5, 5.41) is 5.49. The van der Waals surface area contributed by atoms with E-state index in [2.05, 4.69) is 35.4 Å². The molecular formula is C19H18N2OS2. The number of amides is 1. The molecule has 0 radical (unpaired) electrons. The number of rotatable bonds is 6. The zero-order chi connectivity index (χ0) is 16.8. The fraction of sp³-hybridized carbons (Fsp3) is 0.158. The van der Waals surface area contributed by atoms with E-state index in [0.717, 1.165) is 17.0 Å². The Labute approximate surface area is 150 Å². The summed E-state index contributed by atoms with van der Waals surface area (Å²) in [6.45, 7) is 2.08. The molecule has 3 aromatic rings. The minimum Gasteiger partial charge on any atom is -0.301 e. The van der Waals surface area contributed by atoms with Gasteiger partial charge in [-0.1, -0.05) is 60.2 Å². The van der Waals surface area contributed by atoms with Crippen LogP contribution in [0.1, 0.15) is 11.1 Å². The molecule has 0 spiro atoms. The van der Waals surface area contributed by atoms with Crippen LogP contribution in [0.3, 0.4) is 0 Å². The predicted molar refractivity (Wildman–Crippen MR) is 104 cm³/mol. The summed E-state index contributed by atoms with van der Waals surface area (Å²) in [5.41, 5.74) is 4.44. The summed E-state index contributed by atoms with van der Waals surface area (Å²) in [5.74, 6) is 1.25. The number of aromatic nitrogens is 1. The molecule has 122 valence electrons. The van der Waals surface area contributed by atoms with E-state index >= 15 is 0 Å². The molecule has 3 nitrogen and oxygen atoms in total. The third-order valence-corrected chi connectivity index (χ3v) is 5.17. The van der Waals surface area contributed by atoms with Gasteiger partial charge in [0.2, 0.25) is 5.91 Å². The molecule has 0 bridgehead atoms. The number of hydrogen-bond donors (Lipinski definition) is 1. The Bertz CT molecular complexity index is 815. The quantitative estimate of drug-likeness (QED) is 0.678. The maximum absolute atomic E-state index is 12.1. The predicted octanol–water partition coefficient (Wildman–Crippen LogP) is 4.99. The highest BCUT2D eigenvalue weighted by Crippen LogP contribution is 2.24. The lowest BCUT2D eigenvalue weighted by atomic mass is 10.2. The first-order valence-electron chi connectivity index (χ1n) is 7.65. The number of carbonyl (C=O) groups is 1. The lowest BCUT2D eigenvalue weighted by Gasteiger charge is -2.03. The van der Waals surface area contributed by atoms with Gasteiger partial charge in [-0.05, 0) is 12.5 Å². The number of nitrogens with one attached hydrogen (secondary N) is 1. The van der Waals surface area contributed by atoms with Gasteiger partial charge < -0.3 is 5.32 Å². The van der Waals surface area contributed by atoms with E-state index < -0.39 is 0 Å². The topological polar surface area (TPSA) is 42.0 Å². The standard InChI is InChI=1S/C19H18N2OS2/c1-14-6-5-7-15(10-14)11-23-13-18(22)21-19-20-17(12-24-19)16-8-3-2-4-9-16/h2-10,12H,11,13H2,1H3,(H,20,21,22). The summed E-state index contributed by atoms with van der Waals surface area (Å²) in [4.78, 5) is 16.5. The van der Waals surface area contributed by atoms with Gasteiger partial charge in [-0.2, -0.15) is 0 Å². The summed E-state index contributed by atoms with van der Waals surface area (Å²) in [6, 6.07) is 18.3. The van der Waals surface area contributed by atoms with Crippen molar-refractivity contribution in [1.82, 2.24) is 4.98 Å². The lowest BCUT2D eigenvalue weighted by molar-refractivity contribution is -0.113.